The Bertz CT molecular complexity index is 943. The maximum Gasteiger partial charge on any atom is 0.256 e. The van der Waals surface area contributed by atoms with Crippen LogP contribution in [0.15, 0.2) is 48.5 Å². The third-order valence-corrected chi connectivity index (χ3v) is 3.30. The number of hydrogen-bond acceptors (Lipinski definition) is 4. The van der Waals surface area contributed by atoms with E-state index in [0.29, 0.717) is 0 Å². The first-order chi connectivity index (χ1) is 12.4. The minimum atomic E-state index is -1.16. The lowest BCUT2D eigenvalue weighted by atomic mass is 10.2. The summed E-state index contributed by atoms with van der Waals surface area (Å²) in [7, 11) is 0. The predicted octanol–water partition coefficient (Wildman–Crippen LogP) is 4.03. The van der Waals surface area contributed by atoms with E-state index < -0.39 is 29.2 Å². The SMILES string of the molecule is O=C(Nc1ccc(Nc2c(F)cccc2F)nn1)c1ccc(F)c(F)c1. The lowest BCUT2D eigenvalue weighted by Crippen LogP contribution is -2.14. The van der Waals surface area contributed by atoms with Gasteiger partial charge in [-0.15, -0.1) is 10.2 Å². The molecule has 5 nitrogen and oxygen atoms in total. The fourth-order valence-electron chi connectivity index (χ4n) is 2.04. The molecule has 0 spiro atoms. The summed E-state index contributed by atoms with van der Waals surface area (Å²) in [6, 6.07) is 8.72. The lowest BCUT2D eigenvalue weighted by Gasteiger charge is -2.08. The van der Waals surface area contributed by atoms with Gasteiger partial charge in [0, 0.05) is 5.56 Å². The van der Waals surface area contributed by atoms with Gasteiger partial charge in [0.2, 0.25) is 0 Å². The Kier molecular flexibility index (Phi) is 4.78. The summed E-state index contributed by atoms with van der Waals surface area (Å²) >= 11 is 0. The van der Waals surface area contributed by atoms with Crippen LogP contribution < -0.4 is 10.6 Å². The van der Waals surface area contributed by atoms with Crippen molar-refractivity contribution in [3.05, 3.63) is 77.4 Å². The van der Waals surface area contributed by atoms with Gasteiger partial charge in [-0.1, -0.05) is 6.07 Å². The number of nitrogens with zero attached hydrogens (tertiary/aromatic N) is 2. The summed E-state index contributed by atoms with van der Waals surface area (Å²) in [6.45, 7) is 0. The highest BCUT2D eigenvalue weighted by Gasteiger charge is 2.12. The van der Waals surface area contributed by atoms with E-state index in [2.05, 4.69) is 20.8 Å². The molecule has 0 bridgehead atoms. The number of aromatic nitrogens is 2. The molecule has 0 aliphatic heterocycles. The molecular weight excluding hydrogens is 352 g/mol. The van der Waals surface area contributed by atoms with Crippen LogP contribution >= 0.6 is 0 Å². The predicted molar refractivity (Wildman–Crippen MR) is 86.0 cm³/mol. The van der Waals surface area contributed by atoms with Gasteiger partial charge < -0.3 is 10.6 Å². The van der Waals surface area contributed by atoms with Crippen molar-refractivity contribution in [2.24, 2.45) is 0 Å². The van der Waals surface area contributed by atoms with Gasteiger partial charge in [-0.05, 0) is 42.5 Å². The molecule has 2 aromatic carbocycles. The van der Waals surface area contributed by atoms with Crippen LogP contribution in [0.1, 0.15) is 10.4 Å². The van der Waals surface area contributed by atoms with Crippen LogP contribution in [0.5, 0.6) is 0 Å². The van der Waals surface area contributed by atoms with Crippen molar-refractivity contribution in [3.63, 3.8) is 0 Å². The summed E-state index contributed by atoms with van der Waals surface area (Å²) in [5.41, 5.74) is -0.498. The molecule has 3 aromatic rings. The fraction of sp³-hybridized carbons (Fsp3) is 0. The van der Waals surface area contributed by atoms with Crippen LogP contribution in [0.2, 0.25) is 0 Å². The number of anilines is 3. The lowest BCUT2D eigenvalue weighted by molar-refractivity contribution is 0.102. The van der Waals surface area contributed by atoms with Crippen LogP contribution in [0.3, 0.4) is 0 Å². The number of para-hydroxylation sites is 1. The van der Waals surface area contributed by atoms with Gasteiger partial charge in [-0.3, -0.25) is 4.79 Å². The quantitative estimate of drug-likeness (QED) is 0.688. The molecule has 1 heterocycles. The van der Waals surface area contributed by atoms with E-state index >= 15 is 0 Å². The van der Waals surface area contributed by atoms with Crippen molar-refractivity contribution in [2.75, 3.05) is 10.6 Å². The molecule has 0 saturated carbocycles. The highest BCUT2D eigenvalue weighted by Crippen LogP contribution is 2.22. The molecule has 0 unspecified atom stereocenters. The molecule has 0 saturated heterocycles. The first-order valence-electron chi connectivity index (χ1n) is 7.25. The van der Waals surface area contributed by atoms with Crippen LogP contribution in [-0.2, 0) is 0 Å². The summed E-state index contributed by atoms with van der Waals surface area (Å²) in [4.78, 5) is 12.0. The van der Waals surface area contributed by atoms with Gasteiger partial charge >= 0.3 is 0 Å². The maximum absolute atomic E-state index is 13.6. The molecule has 0 aliphatic carbocycles. The summed E-state index contributed by atoms with van der Waals surface area (Å²) in [6.07, 6.45) is 0. The summed E-state index contributed by atoms with van der Waals surface area (Å²) < 4.78 is 53.2. The van der Waals surface area contributed by atoms with E-state index in [9.17, 15) is 22.4 Å². The topological polar surface area (TPSA) is 66.9 Å². The van der Waals surface area contributed by atoms with Crippen LogP contribution in [0.25, 0.3) is 0 Å². The number of nitrogens with one attached hydrogen (secondary N) is 2. The number of rotatable bonds is 4. The van der Waals surface area contributed by atoms with E-state index in [1.165, 1.54) is 18.2 Å². The number of amides is 1. The Morgan fingerprint density at radius 2 is 1.42 bits per heavy atom. The Morgan fingerprint density at radius 1 is 0.769 bits per heavy atom. The van der Waals surface area contributed by atoms with Crippen molar-refractivity contribution in [1.82, 2.24) is 10.2 Å². The van der Waals surface area contributed by atoms with Gasteiger partial charge in [-0.2, -0.15) is 0 Å². The molecular formula is C17H10F4N4O. The maximum atomic E-state index is 13.6. The zero-order valence-corrected chi connectivity index (χ0v) is 12.9. The summed E-state index contributed by atoms with van der Waals surface area (Å²) in [5, 5.41) is 12.2. The second kappa shape index (κ2) is 7.18. The van der Waals surface area contributed by atoms with Crippen molar-refractivity contribution >= 4 is 23.2 Å². The Balaban J connectivity index is 1.71. The molecule has 0 atom stereocenters. The largest absolute Gasteiger partial charge is 0.334 e. The second-order valence-electron chi connectivity index (χ2n) is 5.11. The molecule has 132 valence electrons. The number of carbonyl (C=O) groups excluding carboxylic acids is 1. The van der Waals surface area contributed by atoms with Crippen LogP contribution in [0, 0.1) is 23.3 Å². The van der Waals surface area contributed by atoms with Crippen molar-refractivity contribution in [2.45, 2.75) is 0 Å². The minimum Gasteiger partial charge on any atom is -0.334 e. The van der Waals surface area contributed by atoms with Gasteiger partial charge in [0.25, 0.3) is 5.91 Å². The zero-order chi connectivity index (χ0) is 18.7. The van der Waals surface area contributed by atoms with E-state index in [-0.39, 0.29) is 22.9 Å². The highest BCUT2D eigenvalue weighted by atomic mass is 19.2. The molecule has 9 heteroatoms. The molecule has 3 rings (SSSR count). The molecule has 0 radical (unpaired) electrons. The highest BCUT2D eigenvalue weighted by molar-refractivity contribution is 6.03. The van der Waals surface area contributed by atoms with Gasteiger partial charge in [0.1, 0.15) is 17.3 Å². The van der Waals surface area contributed by atoms with Crippen LogP contribution in [0.4, 0.5) is 34.9 Å². The summed E-state index contributed by atoms with van der Waals surface area (Å²) in [5.74, 6) is -4.50. The Labute approximate surface area is 144 Å². The molecule has 26 heavy (non-hydrogen) atoms. The zero-order valence-electron chi connectivity index (χ0n) is 12.9. The van der Waals surface area contributed by atoms with Gasteiger partial charge in [0.15, 0.2) is 23.3 Å². The molecule has 0 fully saturated rings. The normalized spacial score (nSPS) is 10.5. The Morgan fingerprint density at radius 3 is 2.04 bits per heavy atom. The molecule has 1 aromatic heterocycles. The first kappa shape index (κ1) is 17.3. The molecule has 0 aliphatic rings. The van der Waals surface area contributed by atoms with E-state index in [1.807, 2.05) is 0 Å². The van der Waals surface area contributed by atoms with Crippen LogP contribution in [-0.4, -0.2) is 16.1 Å². The van der Waals surface area contributed by atoms with Gasteiger partial charge in [0.05, 0.1) is 0 Å². The minimum absolute atomic E-state index is 0.0132. The van der Waals surface area contributed by atoms with Crippen molar-refractivity contribution < 1.29 is 22.4 Å². The standard InChI is InChI=1S/C17H10F4N4O/c18-10-5-4-9(8-13(10)21)17(26)23-15-7-6-14(24-25-15)22-16-11(19)2-1-3-12(16)20/h1-8H,(H,22,24)(H,23,25,26). The fourth-order valence-corrected chi connectivity index (χ4v) is 2.04. The third kappa shape index (κ3) is 3.77. The average Bonchev–Trinajstić information content (AvgIpc) is 2.62. The number of halogens is 4. The molecule has 2 N–H and O–H groups in total. The molecule has 1 amide bonds. The van der Waals surface area contributed by atoms with E-state index in [0.717, 1.165) is 30.3 Å². The van der Waals surface area contributed by atoms with E-state index in [4.69, 9.17) is 0 Å². The number of benzene rings is 2. The van der Waals surface area contributed by atoms with E-state index in [1.54, 1.807) is 0 Å². The van der Waals surface area contributed by atoms with Crippen molar-refractivity contribution in [1.29, 1.82) is 0 Å². The number of hydrogen-bond donors (Lipinski definition) is 2. The number of carbonyl (C=O) groups is 1. The first-order valence-corrected chi connectivity index (χ1v) is 7.25. The third-order valence-electron chi connectivity index (χ3n) is 3.30. The Hall–Kier alpha value is -3.49. The smallest absolute Gasteiger partial charge is 0.256 e. The van der Waals surface area contributed by atoms with Gasteiger partial charge in [-0.25, -0.2) is 17.6 Å². The second-order valence-corrected chi connectivity index (χ2v) is 5.11. The van der Waals surface area contributed by atoms with Crippen molar-refractivity contribution in [3.8, 4) is 0 Å². The average molecular weight is 362 g/mol. The monoisotopic (exact) mass is 362 g/mol.